The zero-order chi connectivity index (χ0) is 20.8. The van der Waals surface area contributed by atoms with Crippen molar-refractivity contribution in [3.05, 3.63) is 40.3 Å². The molecular weight excluding hydrogens is 402 g/mol. The molecule has 0 spiro atoms. The molecule has 156 valence electrons. The van der Waals surface area contributed by atoms with E-state index in [1.165, 1.54) is 37.4 Å². The molecule has 0 aliphatic carbocycles. The lowest BCUT2D eigenvalue weighted by atomic mass is 10.0. The molecule has 0 bridgehead atoms. The molecule has 4 nitrogen and oxygen atoms in total. The van der Waals surface area contributed by atoms with Gasteiger partial charge in [-0.1, -0.05) is 75.1 Å². The number of amides is 1. The predicted molar refractivity (Wildman–Crippen MR) is 124 cm³/mol. The number of nitrogens with zero attached hydrogens (tertiary/aromatic N) is 1. The molecule has 1 aromatic rings. The van der Waals surface area contributed by atoms with Crippen LogP contribution in [0.15, 0.2) is 34.8 Å². The van der Waals surface area contributed by atoms with Gasteiger partial charge in [0.25, 0.3) is 5.91 Å². The van der Waals surface area contributed by atoms with Gasteiger partial charge in [0.05, 0.1) is 12.0 Å². The molecule has 3 rings (SSSR count). The van der Waals surface area contributed by atoms with Crippen LogP contribution in [0.3, 0.4) is 0 Å². The second-order valence-electron chi connectivity index (χ2n) is 7.38. The number of fused-ring (bicyclic) bond motifs is 1. The number of rotatable bonds is 9. The number of ether oxygens (including phenoxy) is 2. The monoisotopic (exact) mass is 431 g/mol. The highest BCUT2D eigenvalue weighted by Gasteiger charge is 2.32. The van der Waals surface area contributed by atoms with Gasteiger partial charge in [-0.15, -0.1) is 0 Å². The van der Waals surface area contributed by atoms with Gasteiger partial charge in [0.15, 0.2) is 11.5 Å². The minimum atomic E-state index is -0.166. The Balaban J connectivity index is 1.68. The summed E-state index contributed by atoms with van der Waals surface area (Å²) in [7, 11) is 1.64. The third-order valence-corrected chi connectivity index (χ3v) is 6.60. The number of hydrogen-bond acceptors (Lipinski definition) is 5. The Morgan fingerprint density at radius 3 is 2.76 bits per heavy atom. The minimum absolute atomic E-state index is 0.0121. The van der Waals surface area contributed by atoms with Crippen LogP contribution in [0.4, 0.5) is 0 Å². The molecule has 0 N–H and O–H groups in total. The highest BCUT2D eigenvalue weighted by atomic mass is 32.2. The number of hydrogen-bond donors (Lipinski definition) is 0. The molecular formula is C23H29NO3S2. The van der Waals surface area contributed by atoms with Crippen molar-refractivity contribution in [1.82, 2.24) is 4.90 Å². The topological polar surface area (TPSA) is 38.8 Å². The van der Waals surface area contributed by atoms with E-state index < -0.39 is 0 Å². The van der Waals surface area contributed by atoms with Gasteiger partial charge in [-0.3, -0.25) is 9.69 Å². The Morgan fingerprint density at radius 1 is 1.24 bits per heavy atom. The van der Waals surface area contributed by atoms with Crippen LogP contribution in [0, 0.1) is 0 Å². The number of carbonyl (C=O) groups excluding carboxylic acids is 1. The first kappa shape index (κ1) is 21.9. The van der Waals surface area contributed by atoms with Gasteiger partial charge in [0.2, 0.25) is 0 Å². The molecule has 1 atom stereocenters. The largest absolute Gasteiger partial charge is 0.493 e. The number of thioether (sulfide) groups is 1. The van der Waals surface area contributed by atoms with Crippen molar-refractivity contribution in [2.24, 2.45) is 0 Å². The Labute approximate surface area is 183 Å². The maximum Gasteiger partial charge on any atom is 0.266 e. The van der Waals surface area contributed by atoms with E-state index in [0.717, 1.165) is 35.5 Å². The molecule has 6 heteroatoms. The quantitative estimate of drug-likeness (QED) is 0.274. The fourth-order valence-electron chi connectivity index (χ4n) is 3.53. The van der Waals surface area contributed by atoms with Crippen molar-refractivity contribution in [3.8, 4) is 11.5 Å². The van der Waals surface area contributed by atoms with Gasteiger partial charge in [-0.2, -0.15) is 0 Å². The fraction of sp³-hybridized carbons (Fsp3) is 0.478. The maximum absolute atomic E-state index is 12.9. The lowest BCUT2D eigenvalue weighted by Gasteiger charge is -2.24. The zero-order valence-electron chi connectivity index (χ0n) is 17.4. The number of unbranched alkanes of at least 4 members (excludes halogenated alkanes) is 5. The molecule has 1 fully saturated rings. The van der Waals surface area contributed by atoms with E-state index in [1.54, 1.807) is 12.0 Å². The van der Waals surface area contributed by atoms with Crippen LogP contribution in [0.5, 0.6) is 11.5 Å². The molecule has 0 aromatic heterocycles. The maximum atomic E-state index is 12.9. The van der Waals surface area contributed by atoms with E-state index in [1.807, 2.05) is 31.2 Å². The summed E-state index contributed by atoms with van der Waals surface area (Å²) < 4.78 is 12.1. The van der Waals surface area contributed by atoms with Crippen LogP contribution in [-0.2, 0) is 4.79 Å². The Morgan fingerprint density at radius 2 is 2.00 bits per heavy atom. The molecule has 0 radical (unpaired) electrons. The first-order valence-corrected chi connectivity index (χ1v) is 11.6. The van der Waals surface area contributed by atoms with Gasteiger partial charge < -0.3 is 9.47 Å². The smallest absolute Gasteiger partial charge is 0.266 e. The van der Waals surface area contributed by atoms with Gasteiger partial charge in [0.1, 0.15) is 10.4 Å². The molecule has 1 saturated heterocycles. The van der Waals surface area contributed by atoms with Crippen LogP contribution in [-0.4, -0.2) is 34.9 Å². The number of benzene rings is 1. The third kappa shape index (κ3) is 5.23. The molecule has 1 unspecified atom stereocenters. The van der Waals surface area contributed by atoms with E-state index >= 15 is 0 Å². The van der Waals surface area contributed by atoms with Crippen molar-refractivity contribution in [1.29, 1.82) is 0 Å². The molecule has 0 saturated carbocycles. The summed E-state index contributed by atoms with van der Waals surface area (Å²) in [6.45, 7) is 4.91. The second kappa shape index (κ2) is 10.3. The molecule has 1 amide bonds. The second-order valence-corrected chi connectivity index (χ2v) is 9.06. The number of thiocarbonyl (C=S) groups is 1. The van der Waals surface area contributed by atoms with Gasteiger partial charge in [-0.05, 0) is 37.1 Å². The number of carbonyl (C=O) groups is 1. The summed E-state index contributed by atoms with van der Waals surface area (Å²) in [5.41, 5.74) is 1.92. The summed E-state index contributed by atoms with van der Waals surface area (Å²) in [5, 5.41) is 0. The van der Waals surface area contributed by atoms with E-state index in [-0.39, 0.29) is 12.0 Å². The van der Waals surface area contributed by atoms with Crippen molar-refractivity contribution in [2.75, 3.05) is 13.7 Å². The van der Waals surface area contributed by atoms with Crippen LogP contribution in [0.25, 0.3) is 6.08 Å². The van der Waals surface area contributed by atoms with E-state index in [9.17, 15) is 4.79 Å². The minimum Gasteiger partial charge on any atom is -0.493 e. The average molecular weight is 432 g/mol. The first-order valence-electron chi connectivity index (χ1n) is 10.4. The van der Waals surface area contributed by atoms with Crippen molar-refractivity contribution < 1.29 is 14.3 Å². The Hall–Kier alpha value is -1.79. The van der Waals surface area contributed by atoms with Crippen molar-refractivity contribution in [2.45, 2.75) is 58.5 Å². The molecule has 2 heterocycles. The summed E-state index contributed by atoms with van der Waals surface area (Å²) in [4.78, 5) is 15.3. The number of methoxy groups -OCH3 is 1. The lowest BCUT2D eigenvalue weighted by Crippen LogP contribution is -2.29. The molecule has 2 aliphatic rings. The molecule has 2 aliphatic heterocycles. The van der Waals surface area contributed by atoms with E-state index in [2.05, 4.69) is 13.0 Å². The van der Waals surface area contributed by atoms with E-state index in [4.69, 9.17) is 21.7 Å². The van der Waals surface area contributed by atoms with Crippen molar-refractivity contribution >= 4 is 40.3 Å². The van der Waals surface area contributed by atoms with E-state index in [0.29, 0.717) is 15.8 Å². The molecule has 1 aromatic carbocycles. The summed E-state index contributed by atoms with van der Waals surface area (Å²) in [6, 6.07) is 5.81. The number of para-hydroxylation sites is 1. The van der Waals surface area contributed by atoms with Gasteiger partial charge in [-0.25, -0.2) is 0 Å². The highest BCUT2D eigenvalue weighted by molar-refractivity contribution is 8.26. The Bertz CT molecular complexity index is 831. The predicted octanol–water partition coefficient (Wildman–Crippen LogP) is 5.96. The fourth-order valence-corrected chi connectivity index (χ4v) is 4.84. The standard InChI is InChI=1S/C23H29NO3S2/c1-4-5-6-7-8-9-13-24-22(25)20(29-23(24)28)15-18-14-17-11-10-12-19(26-3)21(17)27-16(18)2/h10-12,14-16H,4-9,13H2,1-3H3/b20-15-. The van der Waals surface area contributed by atoms with Crippen LogP contribution >= 0.6 is 24.0 Å². The summed E-state index contributed by atoms with van der Waals surface area (Å²) >= 11 is 6.85. The SMILES string of the molecule is CCCCCCCCN1C(=O)/C(=C/C2=Cc3cccc(OC)c3OC2C)SC1=S. The van der Waals surface area contributed by atoms with Gasteiger partial charge in [0, 0.05) is 12.1 Å². The highest BCUT2D eigenvalue weighted by Crippen LogP contribution is 2.39. The van der Waals surface area contributed by atoms with Crippen LogP contribution < -0.4 is 9.47 Å². The van der Waals surface area contributed by atoms with Crippen molar-refractivity contribution in [3.63, 3.8) is 0 Å². The van der Waals surface area contributed by atoms with Crippen LogP contribution in [0.2, 0.25) is 0 Å². The molecule has 29 heavy (non-hydrogen) atoms. The average Bonchev–Trinajstić information content (AvgIpc) is 2.98. The zero-order valence-corrected chi connectivity index (χ0v) is 19.0. The third-order valence-electron chi connectivity index (χ3n) is 5.22. The summed E-state index contributed by atoms with van der Waals surface area (Å²) in [6.07, 6.45) is 11.0. The summed E-state index contributed by atoms with van der Waals surface area (Å²) in [5.74, 6) is 1.48. The van der Waals surface area contributed by atoms with Gasteiger partial charge >= 0.3 is 0 Å². The normalized spacial score (nSPS) is 20.0. The van der Waals surface area contributed by atoms with Crippen LogP contribution in [0.1, 0.15) is 57.9 Å². The Kier molecular flexibility index (Phi) is 7.78. The lowest BCUT2D eigenvalue weighted by molar-refractivity contribution is -0.122. The first-order chi connectivity index (χ1) is 14.0.